The molecule has 0 aliphatic carbocycles. The van der Waals surface area contributed by atoms with Crippen molar-refractivity contribution >= 4 is 27.7 Å². The molecule has 0 N–H and O–H groups in total. The Kier molecular flexibility index (Phi) is 3.49. The molecule has 15 heavy (non-hydrogen) atoms. The van der Waals surface area contributed by atoms with Crippen LogP contribution in [0.15, 0.2) is 62.8 Å². The van der Waals surface area contributed by atoms with E-state index in [-0.39, 0.29) is 0 Å². The first-order valence-corrected chi connectivity index (χ1v) is 6.35. The average Bonchev–Trinajstić information content (AvgIpc) is 2.25. The molecule has 0 aliphatic heterocycles. The minimum atomic E-state index is 1.12. The third-order valence-electron chi connectivity index (χ3n) is 2.07. The van der Waals surface area contributed by atoms with E-state index in [0.29, 0.717) is 0 Å². The van der Waals surface area contributed by atoms with Crippen LogP contribution in [-0.4, -0.2) is 0 Å². The Morgan fingerprint density at radius 2 is 1.27 bits per heavy atom. The van der Waals surface area contributed by atoms with E-state index >= 15 is 0 Å². The zero-order valence-electron chi connectivity index (χ0n) is 8.41. The molecule has 2 heteroatoms. The average molecular weight is 279 g/mol. The Bertz CT molecular complexity index is 388. The molecule has 76 valence electrons. The number of benzene rings is 2. The summed E-state index contributed by atoms with van der Waals surface area (Å²) in [6, 6.07) is 17.0. The van der Waals surface area contributed by atoms with Gasteiger partial charge in [0.05, 0.1) is 0 Å². The van der Waals surface area contributed by atoms with Crippen LogP contribution in [0.2, 0.25) is 0 Å². The maximum atomic E-state index is 3.43. The molecule has 0 nitrogen and oxygen atoms in total. The Morgan fingerprint density at radius 3 is 1.80 bits per heavy atom. The lowest BCUT2D eigenvalue weighted by molar-refractivity contribution is 1.36. The quantitative estimate of drug-likeness (QED) is 0.752. The van der Waals surface area contributed by atoms with Gasteiger partial charge in [0.1, 0.15) is 0 Å². The van der Waals surface area contributed by atoms with E-state index in [4.69, 9.17) is 0 Å². The van der Waals surface area contributed by atoms with Gasteiger partial charge in [0.2, 0.25) is 0 Å². The molecule has 0 spiro atoms. The van der Waals surface area contributed by atoms with Crippen molar-refractivity contribution in [3.05, 3.63) is 58.6 Å². The minimum absolute atomic E-state index is 1.12. The number of rotatable bonds is 2. The molecule has 0 saturated carbocycles. The molecule has 0 amide bonds. The molecule has 0 aliphatic rings. The monoisotopic (exact) mass is 278 g/mol. The maximum absolute atomic E-state index is 3.43. The summed E-state index contributed by atoms with van der Waals surface area (Å²) >= 11 is 5.22. The Hall–Kier alpha value is -0.730. The van der Waals surface area contributed by atoms with Crippen LogP contribution in [0.4, 0.5) is 0 Å². The topological polar surface area (TPSA) is 0 Å². The normalized spacial score (nSPS) is 10.3. The van der Waals surface area contributed by atoms with Crippen LogP contribution in [0.25, 0.3) is 0 Å². The first kappa shape index (κ1) is 10.8. The highest BCUT2D eigenvalue weighted by molar-refractivity contribution is 9.10. The van der Waals surface area contributed by atoms with Crippen molar-refractivity contribution in [2.45, 2.75) is 16.7 Å². The van der Waals surface area contributed by atoms with Gasteiger partial charge in [-0.15, -0.1) is 0 Å². The molecule has 0 unspecified atom stereocenters. The van der Waals surface area contributed by atoms with Gasteiger partial charge in [0.15, 0.2) is 0 Å². The van der Waals surface area contributed by atoms with Gasteiger partial charge in [0, 0.05) is 14.3 Å². The number of hydrogen-bond donors (Lipinski definition) is 0. The predicted octanol–water partition coefficient (Wildman–Crippen LogP) is 4.91. The molecule has 2 aromatic rings. The molecule has 0 fully saturated rings. The van der Waals surface area contributed by atoms with Crippen molar-refractivity contribution in [2.75, 3.05) is 0 Å². The van der Waals surface area contributed by atoms with E-state index < -0.39 is 0 Å². The summed E-state index contributed by atoms with van der Waals surface area (Å²) in [5.74, 6) is 0. The van der Waals surface area contributed by atoms with Gasteiger partial charge in [-0.05, 0) is 43.3 Å². The summed E-state index contributed by atoms with van der Waals surface area (Å²) in [6.45, 7) is 2.11. The summed E-state index contributed by atoms with van der Waals surface area (Å²) in [4.78, 5) is 2.55. The summed E-state index contributed by atoms with van der Waals surface area (Å²) in [6.07, 6.45) is 0. The van der Waals surface area contributed by atoms with Gasteiger partial charge in [-0.2, -0.15) is 0 Å². The van der Waals surface area contributed by atoms with Gasteiger partial charge in [0.25, 0.3) is 0 Å². The molecule has 0 saturated heterocycles. The SMILES string of the molecule is Cc1ccc(Sc2ccc(Br)cc2)cc1. The van der Waals surface area contributed by atoms with Crippen LogP contribution >= 0.6 is 27.7 Å². The van der Waals surface area contributed by atoms with Crippen molar-refractivity contribution in [3.63, 3.8) is 0 Å². The molecule has 2 rings (SSSR count). The second-order valence-corrected chi connectivity index (χ2v) is 5.43. The molecule has 2 aromatic carbocycles. The first-order chi connectivity index (χ1) is 7.24. The minimum Gasteiger partial charge on any atom is -0.0901 e. The molecular weight excluding hydrogens is 268 g/mol. The van der Waals surface area contributed by atoms with Crippen molar-refractivity contribution in [1.82, 2.24) is 0 Å². The zero-order valence-corrected chi connectivity index (χ0v) is 10.8. The van der Waals surface area contributed by atoms with Gasteiger partial charge in [-0.25, -0.2) is 0 Å². The lowest BCUT2D eigenvalue weighted by Gasteiger charge is -2.02. The largest absolute Gasteiger partial charge is 0.0901 e. The summed E-state index contributed by atoms with van der Waals surface area (Å²) in [5.41, 5.74) is 1.30. The van der Waals surface area contributed by atoms with Crippen LogP contribution in [-0.2, 0) is 0 Å². The van der Waals surface area contributed by atoms with Crippen molar-refractivity contribution < 1.29 is 0 Å². The van der Waals surface area contributed by atoms with Crippen molar-refractivity contribution in [1.29, 1.82) is 0 Å². The predicted molar refractivity (Wildman–Crippen MR) is 69.4 cm³/mol. The second-order valence-electron chi connectivity index (χ2n) is 3.37. The maximum Gasteiger partial charge on any atom is 0.0176 e. The highest BCUT2D eigenvalue weighted by Gasteiger charge is 1.96. The lowest BCUT2D eigenvalue weighted by atomic mass is 10.2. The number of halogens is 1. The first-order valence-electron chi connectivity index (χ1n) is 4.74. The van der Waals surface area contributed by atoms with Gasteiger partial charge in [-0.1, -0.05) is 45.4 Å². The van der Waals surface area contributed by atoms with Gasteiger partial charge in [-0.3, -0.25) is 0 Å². The molecule has 0 aromatic heterocycles. The third-order valence-corrected chi connectivity index (χ3v) is 3.61. The van der Waals surface area contributed by atoms with Crippen LogP contribution in [0.3, 0.4) is 0 Å². The van der Waals surface area contributed by atoms with E-state index in [2.05, 4.69) is 71.4 Å². The van der Waals surface area contributed by atoms with E-state index in [1.807, 2.05) is 0 Å². The van der Waals surface area contributed by atoms with Crippen LogP contribution in [0.1, 0.15) is 5.56 Å². The Balaban J connectivity index is 2.15. The Labute approximate surface area is 103 Å². The fourth-order valence-corrected chi connectivity index (χ4v) is 2.33. The lowest BCUT2D eigenvalue weighted by Crippen LogP contribution is -1.74. The highest BCUT2D eigenvalue weighted by Crippen LogP contribution is 2.28. The van der Waals surface area contributed by atoms with Gasteiger partial charge < -0.3 is 0 Å². The standard InChI is InChI=1S/C13H11BrS/c1-10-2-6-12(7-3-10)15-13-8-4-11(14)5-9-13/h2-9H,1H3. The third kappa shape index (κ3) is 3.11. The second kappa shape index (κ2) is 4.86. The van der Waals surface area contributed by atoms with E-state index in [1.54, 1.807) is 11.8 Å². The molecule has 0 radical (unpaired) electrons. The molecular formula is C13H11BrS. The summed E-state index contributed by atoms with van der Waals surface area (Å²) < 4.78 is 1.12. The summed E-state index contributed by atoms with van der Waals surface area (Å²) in [5, 5.41) is 0. The molecule has 0 atom stereocenters. The number of hydrogen-bond acceptors (Lipinski definition) is 1. The fourth-order valence-electron chi connectivity index (χ4n) is 1.25. The summed E-state index contributed by atoms with van der Waals surface area (Å²) in [7, 11) is 0. The Morgan fingerprint density at radius 1 is 0.800 bits per heavy atom. The van der Waals surface area contributed by atoms with E-state index in [0.717, 1.165) is 4.47 Å². The van der Waals surface area contributed by atoms with Crippen LogP contribution in [0.5, 0.6) is 0 Å². The van der Waals surface area contributed by atoms with E-state index in [9.17, 15) is 0 Å². The fraction of sp³-hybridized carbons (Fsp3) is 0.0769. The van der Waals surface area contributed by atoms with Gasteiger partial charge >= 0.3 is 0 Å². The highest BCUT2D eigenvalue weighted by atomic mass is 79.9. The molecule has 0 heterocycles. The van der Waals surface area contributed by atoms with Crippen molar-refractivity contribution in [2.24, 2.45) is 0 Å². The number of aryl methyl sites for hydroxylation is 1. The van der Waals surface area contributed by atoms with Crippen LogP contribution < -0.4 is 0 Å². The van der Waals surface area contributed by atoms with Crippen LogP contribution in [0, 0.1) is 6.92 Å². The van der Waals surface area contributed by atoms with E-state index in [1.165, 1.54) is 15.4 Å². The zero-order chi connectivity index (χ0) is 10.7. The van der Waals surface area contributed by atoms with Crippen molar-refractivity contribution in [3.8, 4) is 0 Å². The smallest absolute Gasteiger partial charge is 0.0176 e. The molecule has 0 bridgehead atoms.